The number of fused-ring (bicyclic) bond motifs is 1. The van der Waals surface area contributed by atoms with Crippen LogP contribution >= 0.6 is 0 Å². The van der Waals surface area contributed by atoms with Gasteiger partial charge in [0.25, 0.3) is 0 Å². The summed E-state index contributed by atoms with van der Waals surface area (Å²) in [5.41, 5.74) is 1.47. The van der Waals surface area contributed by atoms with Crippen LogP contribution in [0.4, 0.5) is 13.2 Å². The van der Waals surface area contributed by atoms with Crippen LogP contribution in [0.2, 0.25) is 0 Å². The smallest absolute Gasteiger partial charge is 0.416 e. The molecule has 4 nitrogen and oxygen atoms in total. The second-order valence-corrected chi connectivity index (χ2v) is 7.07. The van der Waals surface area contributed by atoms with Gasteiger partial charge in [0.2, 0.25) is 0 Å². The molecule has 0 radical (unpaired) electrons. The van der Waals surface area contributed by atoms with Crippen molar-refractivity contribution in [1.82, 2.24) is 9.55 Å². The summed E-state index contributed by atoms with van der Waals surface area (Å²) >= 11 is 0. The molecular formula is C22H25F3N2O2. The number of halogens is 3. The van der Waals surface area contributed by atoms with Crippen LogP contribution in [0, 0.1) is 0 Å². The highest BCUT2D eigenvalue weighted by atomic mass is 19.4. The van der Waals surface area contributed by atoms with Crippen molar-refractivity contribution >= 4 is 11.0 Å². The molecule has 1 unspecified atom stereocenters. The number of rotatable bonds is 7. The standard InChI is InChI=1S/C22H25F3N2O2/c1-5-14(2)21-26-17-13-16(22(23,24)25)7-8-18(17)27(21)11-10-15-6-9-19(28-3)20(12-15)29-4/h6-9,12-14H,5,10-11H2,1-4H3. The van der Waals surface area contributed by atoms with Crippen molar-refractivity contribution in [3.8, 4) is 11.5 Å². The lowest BCUT2D eigenvalue weighted by atomic mass is 10.1. The Bertz CT molecular complexity index is 996. The van der Waals surface area contributed by atoms with E-state index < -0.39 is 11.7 Å². The van der Waals surface area contributed by atoms with Crippen LogP contribution in [0.1, 0.15) is 43.1 Å². The van der Waals surface area contributed by atoms with E-state index in [2.05, 4.69) is 4.98 Å². The van der Waals surface area contributed by atoms with Gasteiger partial charge >= 0.3 is 6.18 Å². The predicted molar refractivity (Wildman–Crippen MR) is 107 cm³/mol. The van der Waals surface area contributed by atoms with Gasteiger partial charge in [0.1, 0.15) is 5.82 Å². The molecule has 0 spiro atoms. The average Bonchev–Trinajstić information content (AvgIpc) is 3.08. The third kappa shape index (κ3) is 4.33. The molecule has 0 saturated heterocycles. The van der Waals surface area contributed by atoms with Crippen LogP contribution in [-0.2, 0) is 19.1 Å². The fourth-order valence-corrected chi connectivity index (χ4v) is 3.40. The number of methoxy groups -OCH3 is 2. The zero-order chi connectivity index (χ0) is 21.2. The second kappa shape index (κ2) is 8.35. The highest BCUT2D eigenvalue weighted by Gasteiger charge is 2.31. The summed E-state index contributed by atoms with van der Waals surface area (Å²) < 4.78 is 51.9. The summed E-state index contributed by atoms with van der Waals surface area (Å²) in [4.78, 5) is 4.55. The molecule has 156 valence electrons. The van der Waals surface area contributed by atoms with Gasteiger partial charge in [-0.15, -0.1) is 0 Å². The number of alkyl halides is 3. The van der Waals surface area contributed by atoms with Gasteiger partial charge in [-0.25, -0.2) is 4.98 Å². The van der Waals surface area contributed by atoms with Gasteiger partial charge in [-0.05, 0) is 48.7 Å². The molecule has 29 heavy (non-hydrogen) atoms. The molecule has 3 aromatic rings. The highest BCUT2D eigenvalue weighted by Crippen LogP contribution is 2.33. The Morgan fingerprint density at radius 3 is 2.38 bits per heavy atom. The van der Waals surface area contributed by atoms with E-state index in [4.69, 9.17) is 9.47 Å². The lowest BCUT2D eigenvalue weighted by Gasteiger charge is -2.14. The Kier molecular flexibility index (Phi) is 6.05. The van der Waals surface area contributed by atoms with Crippen molar-refractivity contribution in [2.75, 3.05) is 14.2 Å². The minimum atomic E-state index is -4.38. The Labute approximate surface area is 168 Å². The van der Waals surface area contributed by atoms with Crippen molar-refractivity contribution in [2.24, 2.45) is 0 Å². The number of aromatic nitrogens is 2. The molecule has 0 bridgehead atoms. The molecule has 0 fully saturated rings. The summed E-state index contributed by atoms with van der Waals surface area (Å²) in [5, 5.41) is 0. The number of hydrogen-bond acceptors (Lipinski definition) is 3. The van der Waals surface area contributed by atoms with E-state index in [-0.39, 0.29) is 5.92 Å². The molecule has 1 heterocycles. The Balaban J connectivity index is 1.97. The van der Waals surface area contributed by atoms with Crippen molar-refractivity contribution in [2.45, 2.75) is 45.3 Å². The fraction of sp³-hybridized carbons (Fsp3) is 0.409. The molecule has 2 aromatic carbocycles. The second-order valence-electron chi connectivity index (χ2n) is 7.07. The van der Waals surface area contributed by atoms with Gasteiger partial charge < -0.3 is 14.0 Å². The molecule has 0 N–H and O–H groups in total. The minimum Gasteiger partial charge on any atom is -0.493 e. The Morgan fingerprint density at radius 2 is 1.76 bits per heavy atom. The number of ether oxygens (including phenoxy) is 2. The van der Waals surface area contributed by atoms with E-state index in [1.807, 2.05) is 36.6 Å². The van der Waals surface area contributed by atoms with Crippen LogP contribution in [0.3, 0.4) is 0 Å². The molecule has 3 rings (SSSR count). The maximum atomic E-state index is 13.1. The van der Waals surface area contributed by atoms with Gasteiger partial charge in [0.15, 0.2) is 11.5 Å². The zero-order valence-corrected chi connectivity index (χ0v) is 17.0. The van der Waals surface area contributed by atoms with Gasteiger partial charge in [-0.1, -0.05) is 19.9 Å². The number of hydrogen-bond donors (Lipinski definition) is 0. The van der Waals surface area contributed by atoms with Crippen molar-refractivity contribution < 1.29 is 22.6 Å². The van der Waals surface area contributed by atoms with Crippen LogP contribution in [0.5, 0.6) is 11.5 Å². The molecule has 7 heteroatoms. The first-order chi connectivity index (χ1) is 13.8. The van der Waals surface area contributed by atoms with Crippen LogP contribution in [-0.4, -0.2) is 23.8 Å². The molecule has 0 aliphatic rings. The number of imidazole rings is 1. The van der Waals surface area contributed by atoms with Crippen molar-refractivity contribution in [1.29, 1.82) is 0 Å². The van der Waals surface area contributed by atoms with Crippen LogP contribution in [0.25, 0.3) is 11.0 Å². The SMILES string of the molecule is CCC(C)c1nc2cc(C(F)(F)F)ccc2n1CCc1ccc(OC)c(OC)c1. The quantitative estimate of drug-likeness (QED) is 0.495. The maximum absolute atomic E-state index is 13.1. The zero-order valence-electron chi connectivity index (χ0n) is 17.0. The Morgan fingerprint density at radius 1 is 1.03 bits per heavy atom. The Hall–Kier alpha value is -2.70. The van der Waals surface area contributed by atoms with Gasteiger partial charge in [-0.2, -0.15) is 13.2 Å². The first kappa shape index (κ1) is 21.0. The largest absolute Gasteiger partial charge is 0.493 e. The van der Waals surface area contributed by atoms with E-state index in [0.717, 1.165) is 29.9 Å². The lowest BCUT2D eigenvalue weighted by molar-refractivity contribution is -0.137. The van der Waals surface area contributed by atoms with E-state index in [1.165, 1.54) is 6.07 Å². The lowest BCUT2D eigenvalue weighted by Crippen LogP contribution is -2.09. The van der Waals surface area contributed by atoms with Gasteiger partial charge in [0, 0.05) is 12.5 Å². The van der Waals surface area contributed by atoms with Crippen molar-refractivity contribution in [3.05, 3.63) is 53.3 Å². The molecule has 1 atom stereocenters. The normalized spacial score (nSPS) is 12.9. The molecule has 0 amide bonds. The predicted octanol–water partition coefficient (Wildman–Crippen LogP) is 5.83. The van der Waals surface area contributed by atoms with E-state index in [1.54, 1.807) is 14.2 Å². The average molecular weight is 406 g/mol. The summed E-state index contributed by atoms with van der Waals surface area (Å²) in [6, 6.07) is 9.51. The molecule has 0 aliphatic heterocycles. The fourth-order valence-electron chi connectivity index (χ4n) is 3.40. The first-order valence-corrected chi connectivity index (χ1v) is 9.56. The van der Waals surface area contributed by atoms with Crippen LogP contribution < -0.4 is 9.47 Å². The number of nitrogens with zero attached hydrogens (tertiary/aromatic N) is 2. The summed E-state index contributed by atoms with van der Waals surface area (Å²) in [6.45, 7) is 4.69. The van der Waals surface area contributed by atoms with Gasteiger partial charge in [0.05, 0.1) is 30.8 Å². The summed E-state index contributed by atoms with van der Waals surface area (Å²) in [6.07, 6.45) is -2.84. The van der Waals surface area contributed by atoms with Gasteiger partial charge in [-0.3, -0.25) is 0 Å². The molecule has 0 aliphatic carbocycles. The number of benzene rings is 2. The third-order valence-electron chi connectivity index (χ3n) is 5.23. The summed E-state index contributed by atoms with van der Waals surface area (Å²) in [5.74, 6) is 2.26. The maximum Gasteiger partial charge on any atom is 0.416 e. The number of aryl methyl sites for hydroxylation is 2. The third-order valence-corrected chi connectivity index (χ3v) is 5.23. The summed E-state index contributed by atoms with van der Waals surface area (Å²) in [7, 11) is 3.17. The van der Waals surface area contributed by atoms with E-state index in [0.29, 0.717) is 35.5 Å². The monoisotopic (exact) mass is 406 g/mol. The molecule has 1 aromatic heterocycles. The van der Waals surface area contributed by atoms with Crippen LogP contribution in [0.15, 0.2) is 36.4 Å². The minimum absolute atomic E-state index is 0.141. The topological polar surface area (TPSA) is 36.3 Å². The van der Waals surface area contributed by atoms with E-state index >= 15 is 0 Å². The van der Waals surface area contributed by atoms with Crippen molar-refractivity contribution in [3.63, 3.8) is 0 Å². The van der Waals surface area contributed by atoms with E-state index in [9.17, 15) is 13.2 Å². The molecule has 0 saturated carbocycles. The first-order valence-electron chi connectivity index (χ1n) is 9.56. The highest BCUT2D eigenvalue weighted by molar-refractivity contribution is 5.77. The molecular weight excluding hydrogens is 381 g/mol.